The van der Waals surface area contributed by atoms with E-state index < -0.39 is 16.0 Å². The third-order valence-corrected chi connectivity index (χ3v) is 5.02. The van der Waals surface area contributed by atoms with Crippen LogP contribution in [0.15, 0.2) is 23.1 Å². The maximum atomic E-state index is 12.2. The molecule has 1 aliphatic rings. The average Bonchev–Trinajstić information content (AvgIpc) is 3.04. The molecule has 0 amide bonds. The monoisotopic (exact) mass is 283 g/mol. The average molecular weight is 283 g/mol. The molecular weight excluding hydrogens is 266 g/mol. The van der Waals surface area contributed by atoms with Gasteiger partial charge in [0, 0.05) is 5.54 Å². The van der Waals surface area contributed by atoms with Gasteiger partial charge in [-0.3, -0.25) is 0 Å². The molecule has 2 N–H and O–H groups in total. The molecule has 1 aromatic rings. The van der Waals surface area contributed by atoms with Crippen LogP contribution in [0.2, 0.25) is 0 Å². The second-order valence-corrected chi connectivity index (χ2v) is 6.83. The predicted octanol–water partition coefficient (Wildman–Crippen LogP) is 1.78. The third kappa shape index (κ3) is 2.96. The standard InChI is InChI=1S/C13H17NO4S/c1-3-9-4-5-10(8-11(9)12(15)16)19(17,18)14-13(2)6-7-13/h4-5,8,14H,3,6-7H2,1-2H3,(H,15,16). The van der Waals surface area contributed by atoms with Crippen LogP contribution in [0.4, 0.5) is 0 Å². The first-order chi connectivity index (χ1) is 8.77. The molecule has 0 atom stereocenters. The molecule has 0 radical (unpaired) electrons. The van der Waals surface area contributed by atoms with Gasteiger partial charge in [0.2, 0.25) is 10.0 Å². The molecule has 5 nitrogen and oxygen atoms in total. The summed E-state index contributed by atoms with van der Waals surface area (Å²) in [6.07, 6.45) is 2.17. The Morgan fingerprint density at radius 1 is 1.42 bits per heavy atom. The van der Waals surface area contributed by atoms with Crippen LogP contribution in [0.5, 0.6) is 0 Å². The topological polar surface area (TPSA) is 83.5 Å². The van der Waals surface area contributed by atoms with Crippen molar-refractivity contribution in [1.29, 1.82) is 0 Å². The molecule has 0 unspecified atom stereocenters. The summed E-state index contributed by atoms with van der Waals surface area (Å²) in [5.74, 6) is -1.11. The van der Waals surface area contributed by atoms with Gasteiger partial charge in [0.1, 0.15) is 0 Å². The van der Waals surface area contributed by atoms with E-state index in [9.17, 15) is 13.2 Å². The van der Waals surface area contributed by atoms with Crippen molar-refractivity contribution in [1.82, 2.24) is 4.72 Å². The van der Waals surface area contributed by atoms with Crippen molar-refractivity contribution >= 4 is 16.0 Å². The fourth-order valence-corrected chi connectivity index (χ4v) is 3.39. The van der Waals surface area contributed by atoms with E-state index in [4.69, 9.17) is 5.11 Å². The van der Waals surface area contributed by atoms with Crippen LogP contribution >= 0.6 is 0 Å². The maximum Gasteiger partial charge on any atom is 0.336 e. The lowest BCUT2D eigenvalue weighted by molar-refractivity contribution is 0.0695. The summed E-state index contributed by atoms with van der Waals surface area (Å²) in [7, 11) is -3.65. The van der Waals surface area contributed by atoms with E-state index in [1.807, 2.05) is 13.8 Å². The van der Waals surface area contributed by atoms with Gasteiger partial charge in [0.25, 0.3) is 0 Å². The van der Waals surface area contributed by atoms with E-state index in [-0.39, 0.29) is 16.0 Å². The minimum absolute atomic E-state index is 0.00947. The fraction of sp³-hybridized carbons (Fsp3) is 0.462. The number of carbonyl (C=O) groups is 1. The number of aryl methyl sites for hydroxylation is 1. The molecule has 1 saturated carbocycles. The van der Waals surface area contributed by atoms with Gasteiger partial charge >= 0.3 is 5.97 Å². The Morgan fingerprint density at radius 2 is 2.05 bits per heavy atom. The number of nitrogens with one attached hydrogen (secondary N) is 1. The number of rotatable bonds is 5. The first-order valence-corrected chi connectivity index (χ1v) is 7.66. The Balaban J connectivity index is 2.40. The molecule has 1 fully saturated rings. The summed E-state index contributed by atoms with van der Waals surface area (Å²) in [5, 5.41) is 9.12. The highest BCUT2D eigenvalue weighted by Gasteiger charge is 2.41. The molecule has 6 heteroatoms. The minimum atomic E-state index is -3.65. The lowest BCUT2D eigenvalue weighted by atomic mass is 10.1. The number of carboxylic acid groups (broad SMARTS) is 1. The van der Waals surface area contributed by atoms with E-state index in [2.05, 4.69) is 4.72 Å². The summed E-state index contributed by atoms with van der Waals surface area (Å²) in [4.78, 5) is 11.2. The third-order valence-electron chi connectivity index (χ3n) is 3.38. The number of carboxylic acids is 1. The van der Waals surface area contributed by atoms with Crippen molar-refractivity contribution in [2.45, 2.75) is 43.5 Å². The first kappa shape index (κ1) is 14.0. The van der Waals surface area contributed by atoms with Crippen molar-refractivity contribution in [2.75, 3.05) is 0 Å². The summed E-state index contributed by atoms with van der Waals surface area (Å²) in [6.45, 7) is 3.67. The van der Waals surface area contributed by atoms with Gasteiger partial charge < -0.3 is 5.11 Å². The van der Waals surface area contributed by atoms with Gasteiger partial charge in [-0.1, -0.05) is 13.0 Å². The quantitative estimate of drug-likeness (QED) is 0.862. The van der Waals surface area contributed by atoms with E-state index in [0.717, 1.165) is 12.8 Å². The summed E-state index contributed by atoms with van der Waals surface area (Å²) >= 11 is 0. The second kappa shape index (κ2) is 4.61. The van der Waals surface area contributed by atoms with Crippen LogP contribution in [0.1, 0.15) is 42.6 Å². The number of hydrogen-bond donors (Lipinski definition) is 2. The van der Waals surface area contributed by atoms with Crippen LogP contribution in [0.3, 0.4) is 0 Å². The SMILES string of the molecule is CCc1ccc(S(=O)(=O)NC2(C)CC2)cc1C(=O)O. The Kier molecular flexibility index (Phi) is 3.40. The fourth-order valence-electron chi connectivity index (χ4n) is 1.90. The normalized spacial score (nSPS) is 17.2. The molecular formula is C13H17NO4S. The summed E-state index contributed by atoms with van der Waals surface area (Å²) in [5.41, 5.74) is 0.307. The highest BCUT2D eigenvalue weighted by Crippen LogP contribution is 2.36. The van der Waals surface area contributed by atoms with Gasteiger partial charge in [0.15, 0.2) is 0 Å². The zero-order chi connectivity index (χ0) is 14.3. The zero-order valence-electron chi connectivity index (χ0n) is 10.9. The Hall–Kier alpha value is -1.40. The zero-order valence-corrected chi connectivity index (χ0v) is 11.8. The van der Waals surface area contributed by atoms with Crippen molar-refractivity contribution in [3.05, 3.63) is 29.3 Å². The Labute approximate surface area is 112 Å². The number of benzene rings is 1. The highest BCUT2D eigenvalue weighted by molar-refractivity contribution is 7.89. The molecule has 2 rings (SSSR count). The Bertz CT molecular complexity index is 618. The largest absolute Gasteiger partial charge is 0.478 e. The molecule has 19 heavy (non-hydrogen) atoms. The Morgan fingerprint density at radius 3 is 2.53 bits per heavy atom. The molecule has 0 heterocycles. The molecule has 0 saturated heterocycles. The first-order valence-electron chi connectivity index (χ1n) is 6.18. The number of sulfonamides is 1. The van der Waals surface area contributed by atoms with Crippen LogP contribution in [-0.4, -0.2) is 25.0 Å². The van der Waals surface area contributed by atoms with Gasteiger partial charge in [-0.25, -0.2) is 17.9 Å². The van der Waals surface area contributed by atoms with Gasteiger partial charge in [-0.15, -0.1) is 0 Å². The van der Waals surface area contributed by atoms with Gasteiger partial charge in [0.05, 0.1) is 10.5 Å². The lowest BCUT2D eigenvalue weighted by Crippen LogP contribution is -2.34. The van der Waals surface area contributed by atoms with E-state index >= 15 is 0 Å². The predicted molar refractivity (Wildman–Crippen MR) is 70.7 cm³/mol. The number of hydrogen-bond acceptors (Lipinski definition) is 3. The van der Waals surface area contributed by atoms with Crippen LogP contribution in [0.25, 0.3) is 0 Å². The molecule has 1 aliphatic carbocycles. The molecule has 0 bridgehead atoms. The maximum absolute atomic E-state index is 12.2. The van der Waals surface area contributed by atoms with Gasteiger partial charge in [-0.05, 0) is 43.9 Å². The molecule has 0 aromatic heterocycles. The van der Waals surface area contributed by atoms with Crippen molar-refractivity contribution < 1.29 is 18.3 Å². The van der Waals surface area contributed by atoms with Crippen molar-refractivity contribution in [3.63, 3.8) is 0 Å². The van der Waals surface area contributed by atoms with Crippen molar-refractivity contribution in [3.8, 4) is 0 Å². The van der Waals surface area contributed by atoms with E-state index in [1.54, 1.807) is 6.07 Å². The minimum Gasteiger partial charge on any atom is -0.478 e. The molecule has 1 aromatic carbocycles. The van der Waals surface area contributed by atoms with Crippen LogP contribution < -0.4 is 4.72 Å². The highest BCUT2D eigenvalue weighted by atomic mass is 32.2. The molecule has 0 aliphatic heterocycles. The van der Waals surface area contributed by atoms with Crippen LogP contribution in [0, 0.1) is 0 Å². The smallest absolute Gasteiger partial charge is 0.336 e. The van der Waals surface area contributed by atoms with Gasteiger partial charge in [-0.2, -0.15) is 0 Å². The molecule has 104 valence electrons. The summed E-state index contributed by atoms with van der Waals surface area (Å²) < 4.78 is 26.9. The van der Waals surface area contributed by atoms with E-state index in [0.29, 0.717) is 12.0 Å². The lowest BCUT2D eigenvalue weighted by Gasteiger charge is -2.13. The number of aromatic carboxylic acids is 1. The van der Waals surface area contributed by atoms with Crippen molar-refractivity contribution in [2.24, 2.45) is 0 Å². The summed E-state index contributed by atoms with van der Waals surface area (Å²) in [6, 6.07) is 4.25. The second-order valence-electron chi connectivity index (χ2n) is 5.14. The molecule has 0 spiro atoms. The van der Waals surface area contributed by atoms with E-state index in [1.165, 1.54) is 12.1 Å². The van der Waals surface area contributed by atoms with Crippen LogP contribution in [-0.2, 0) is 16.4 Å².